The van der Waals surface area contributed by atoms with Gasteiger partial charge in [-0.05, 0) is 52.4 Å². The second kappa shape index (κ2) is 5.24. The summed E-state index contributed by atoms with van der Waals surface area (Å²) in [5, 5.41) is 3.43. The summed E-state index contributed by atoms with van der Waals surface area (Å²) in [7, 11) is 0. The maximum atomic E-state index is 5.31. The molecule has 1 unspecified atom stereocenters. The van der Waals surface area contributed by atoms with E-state index in [-0.39, 0.29) is 0 Å². The molecule has 0 spiro atoms. The molecule has 1 aliphatic rings. The molecular formula is C10H14BrNOS. The van der Waals surface area contributed by atoms with Gasteiger partial charge in [0.15, 0.2) is 0 Å². The van der Waals surface area contributed by atoms with Crippen molar-refractivity contribution in [1.82, 2.24) is 5.32 Å². The summed E-state index contributed by atoms with van der Waals surface area (Å²) >= 11 is 5.50. The van der Waals surface area contributed by atoms with Crippen molar-refractivity contribution in [3.63, 3.8) is 0 Å². The van der Waals surface area contributed by atoms with E-state index in [9.17, 15) is 0 Å². The van der Waals surface area contributed by atoms with Gasteiger partial charge in [-0.3, -0.25) is 0 Å². The van der Waals surface area contributed by atoms with Gasteiger partial charge in [0.2, 0.25) is 0 Å². The van der Waals surface area contributed by atoms with Crippen LogP contribution in [-0.4, -0.2) is 18.1 Å². The molecule has 14 heavy (non-hydrogen) atoms. The maximum absolute atomic E-state index is 5.31. The Morgan fingerprint density at radius 3 is 3.21 bits per heavy atom. The van der Waals surface area contributed by atoms with Crippen molar-refractivity contribution in [2.45, 2.75) is 13.0 Å². The Bertz CT molecular complexity index is 283. The summed E-state index contributed by atoms with van der Waals surface area (Å²) in [6, 6.07) is 1.93. The Kier molecular flexibility index (Phi) is 3.96. The topological polar surface area (TPSA) is 25.2 Å². The Hall–Kier alpha value is 0.0700. The molecule has 0 amide bonds. The minimum absolute atomic E-state index is 0.828. The van der Waals surface area contributed by atoms with Crippen molar-refractivity contribution in [2.24, 2.45) is 5.92 Å². The van der Waals surface area contributed by atoms with Gasteiger partial charge in [0.05, 0.1) is 17.3 Å². The first kappa shape index (κ1) is 10.6. The second-order valence-electron chi connectivity index (χ2n) is 3.55. The third-order valence-corrected chi connectivity index (χ3v) is 4.37. The third kappa shape index (κ3) is 2.78. The molecule has 1 aromatic rings. The first-order valence-corrected chi connectivity index (χ1v) is 6.81. The number of rotatable bonds is 4. The van der Waals surface area contributed by atoms with Crippen molar-refractivity contribution in [3.05, 3.63) is 22.6 Å². The normalized spacial score (nSPS) is 21.6. The van der Waals surface area contributed by atoms with Gasteiger partial charge in [0.1, 0.15) is 5.76 Å². The first-order chi connectivity index (χ1) is 6.86. The van der Waals surface area contributed by atoms with Crippen LogP contribution < -0.4 is 5.32 Å². The summed E-state index contributed by atoms with van der Waals surface area (Å²) in [5.74, 6) is 4.49. The van der Waals surface area contributed by atoms with E-state index in [0.717, 1.165) is 29.2 Å². The molecule has 1 fully saturated rings. The average molecular weight is 276 g/mol. The van der Waals surface area contributed by atoms with Crippen LogP contribution in [0.3, 0.4) is 0 Å². The Labute approximate surface area is 97.0 Å². The molecule has 4 heteroatoms. The minimum atomic E-state index is 0.828. The van der Waals surface area contributed by atoms with Crippen molar-refractivity contribution >= 4 is 27.7 Å². The van der Waals surface area contributed by atoms with E-state index in [1.54, 1.807) is 6.26 Å². The van der Waals surface area contributed by atoms with Gasteiger partial charge in [-0.1, -0.05) is 0 Å². The molecule has 2 nitrogen and oxygen atoms in total. The highest BCUT2D eigenvalue weighted by Gasteiger charge is 2.14. The quantitative estimate of drug-likeness (QED) is 0.915. The zero-order chi connectivity index (χ0) is 9.80. The molecule has 1 aliphatic heterocycles. The second-order valence-corrected chi connectivity index (χ2v) is 5.56. The maximum Gasteiger partial charge on any atom is 0.131 e. The fourth-order valence-electron chi connectivity index (χ4n) is 1.59. The molecule has 1 N–H and O–H groups in total. The Balaban J connectivity index is 1.70. The van der Waals surface area contributed by atoms with Gasteiger partial charge in [-0.2, -0.15) is 11.8 Å². The highest BCUT2D eigenvalue weighted by Crippen LogP contribution is 2.23. The van der Waals surface area contributed by atoms with Crippen LogP contribution in [0.1, 0.15) is 12.2 Å². The summed E-state index contributed by atoms with van der Waals surface area (Å²) in [4.78, 5) is 0. The number of hydrogen-bond donors (Lipinski definition) is 1. The number of furan rings is 1. The molecule has 1 atom stereocenters. The van der Waals surface area contributed by atoms with Crippen LogP contribution >= 0.6 is 27.7 Å². The van der Waals surface area contributed by atoms with Crippen LogP contribution in [0.15, 0.2) is 21.2 Å². The van der Waals surface area contributed by atoms with Crippen LogP contribution in [0.4, 0.5) is 0 Å². The lowest BCUT2D eigenvalue weighted by atomic mass is 10.1. The zero-order valence-electron chi connectivity index (χ0n) is 7.96. The molecule has 0 aromatic carbocycles. The van der Waals surface area contributed by atoms with Crippen LogP contribution in [0.25, 0.3) is 0 Å². The van der Waals surface area contributed by atoms with Crippen molar-refractivity contribution < 1.29 is 4.42 Å². The van der Waals surface area contributed by atoms with E-state index < -0.39 is 0 Å². The van der Waals surface area contributed by atoms with Gasteiger partial charge in [-0.15, -0.1) is 0 Å². The van der Waals surface area contributed by atoms with Crippen LogP contribution in [-0.2, 0) is 6.54 Å². The molecule has 2 rings (SSSR count). The molecule has 1 saturated heterocycles. The van der Waals surface area contributed by atoms with Crippen LogP contribution in [0, 0.1) is 5.92 Å². The Morgan fingerprint density at radius 2 is 2.57 bits per heavy atom. The molecular weight excluding hydrogens is 262 g/mol. The van der Waals surface area contributed by atoms with E-state index in [0.29, 0.717) is 0 Å². The van der Waals surface area contributed by atoms with E-state index >= 15 is 0 Å². The van der Waals surface area contributed by atoms with E-state index in [4.69, 9.17) is 4.42 Å². The Morgan fingerprint density at radius 1 is 1.64 bits per heavy atom. The van der Waals surface area contributed by atoms with E-state index in [1.807, 2.05) is 6.07 Å². The molecule has 2 heterocycles. The molecule has 0 bridgehead atoms. The third-order valence-electron chi connectivity index (χ3n) is 2.43. The van der Waals surface area contributed by atoms with Gasteiger partial charge in [0.25, 0.3) is 0 Å². The van der Waals surface area contributed by atoms with Crippen molar-refractivity contribution in [2.75, 3.05) is 18.1 Å². The van der Waals surface area contributed by atoms with E-state index in [2.05, 4.69) is 33.0 Å². The van der Waals surface area contributed by atoms with Gasteiger partial charge < -0.3 is 9.73 Å². The fraction of sp³-hybridized carbons (Fsp3) is 0.600. The number of halogens is 1. The van der Waals surface area contributed by atoms with Crippen LogP contribution in [0.2, 0.25) is 0 Å². The standard InChI is InChI=1S/C10H14BrNOS/c11-9-1-3-13-10(9)6-12-5-8-2-4-14-7-8/h1,3,8,12H,2,4-7H2. The summed E-state index contributed by atoms with van der Waals surface area (Å²) in [5.41, 5.74) is 0. The molecule has 0 saturated carbocycles. The van der Waals surface area contributed by atoms with Crippen molar-refractivity contribution in [1.29, 1.82) is 0 Å². The van der Waals surface area contributed by atoms with Gasteiger partial charge in [0, 0.05) is 0 Å². The van der Waals surface area contributed by atoms with Crippen LogP contribution in [0.5, 0.6) is 0 Å². The smallest absolute Gasteiger partial charge is 0.131 e. The monoisotopic (exact) mass is 275 g/mol. The highest BCUT2D eigenvalue weighted by atomic mass is 79.9. The van der Waals surface area contributed by atoms with Gasteiger partial charge in [-0.25, -0.2) is 0 Å². The fourth-order valence-corrected chi connectivity index (χ4v) is 3.21. The zero-order valence-corrected chi connectivity index (χ0v) is 10.4. The SMILES string of the molecule is Brc1ccoc1CNCC1CCSC1. The number of hydrogen-bond acceptors (Lipinski definition) is 3. The molecule has 1 aromatic heterocycles. The molecule has 0 radical (unpaired) electrons. The van der Waals surface area contributed by atoms with Gasteiger partial charge >= 0.3 is 0 Å². The highest BCUT2D eigenvalue weighted by molar-refractivity contribution is 9.10. The minimum Gasteiger partial charge on any atom is -0.467 e. The number of thioether (sulfide) groups is 1. The van der Waals surface area contributed by atoms with Crippen molar-refractivity contribution in [3.8, 4) is 0 Å². The lowest BCUT2D eigenvalue weighted by molar-refractivity contribution is 0.455. The first-order valence-electron chi connectivity index (χ1n) is 4.86. The lowest BCUT2D eigenvalue weighted by Gasteiger charge is -2.08. The predicted molar refractivity (Wildman–Crippen MR) is 63.5 cm³/mol. The average Bonchev–Trinajstić information content (AvgIpc) is 2.78. The van der Waals surface area contributed by atoms with E-state index in [1.165, 1.54) is 17.9 Å². The summed E-state index contributed by atoms with van der Waals surface area (Å²) in [6.45, 7) is 1.94. The molecule has 78 valence electrons. The summed E-state index contributed by atoms with van der Waals surface area (Å²) in [6.07, 6.45) is 3.07. The largest absolute Gasteiger partial charge is 0.467 e. The number of nitrogens with one attached hydrogen (secondary N) is 1. The lowest BCUT2D eigenvalue weighted by Crippen LogP contribution is -2.22. The predicted octanol–water partition coefficient (Wildman–Crippen LogP) is 2.88. The summed E-state index contributed by atoms with van der Waals surface area (Å²) < 4.78 is 6.38. The molecule has 0 aliphatic carbocycles.